The lowest BCUT2D eigenvalue weighted by atomic mass is 9.79. The molecule has 1 atom stereocenters. The van der Waals surface area contributed by atoms with Crippen LogP contribution in [0.25, 0.3) is 0 Å². The van der Waals surface area contributed by atoms with Crippen LogP contribution in [-0.2, 0) is 9.53 Å². The molecule has 1 aromatic rings. The zero-order chi connectivity index (χ0) is 18.7. The first-order valence-electron chi connectivity index (χ1n) is 10.2. The number of hydrogen-bond acceptors (Lipinski definition) is 4. The fraction of sp³-hybridized carbons (Fsp3) is 0.667. The van der Waals surface area contributed by atoms with Crippen molar-refractivity contribution in [2.75, 3.05) is 26.2 Å². The van der Waals surface area contributed by atoms with Gasteiger partial charge in [-0.05, 0) is 62.5 Å². The van der Waals surface area contributed by atoms with E-state index < -0.39 is 0 Å². The molecule has 1 spiro atoms. The molecule has 4 rings (SSSR count). The van der Waals surface area contributed by atoms with E-state index in [1.807, 2.05) is 4.90 Å². The Balaban J connectivity index is 1.25. The van der Waals surface area contributed by atoms with E-state index in [-0.39, 0.29) is 11.5 Å². The minimum atomic E-state index is -0.110. The summed E-state index contributed by atoms with van der Waals surface area (Å²) in [7, 11) is 0. The summed E-state index contributed by atoms with van der Waals surface area (Å²) < 4.78 is 6.19. The number of amides is 2. The predicted molar refractivity (Wildman–Crippen MR) is 101 cm³/mol. The van der Waals surface area contributed by atoms with Gasteiger partial charge in [0, 0.05) is 50.6 Å². The Morgan fingerprint density at radius 3 is 2.59 bits per heavy atom. The van der Waals surface area contributed by atoms with Crippen molar-refractivity contribution < 1.29 is 14.3 Å². The molecule has 6 nitrogen and oxygen atoms in total. The molecule has 3 fully saturated rings. The zero-order valence-electron chi connectivity index (χ0n) is 15.9. The number of likely N-dealkylation sites (tertiary alicyclic amines) is 1. The lowest BCUT2D eigenvalue weighted by molar-refractivity contribution is -0.147. The Kier molecular flexibility index (Phi) is 5.43. The molecule has 1 N–H and O–H groups in total. The van der Waals surface area contributed by atoms with E-state index >= 15 is 0 Å². The SMILES string of the molecule is O=C(NCC1CCOC2(CCN(C(=O)CC3CC3)CC2)C1)c1ccncc1. The molecule has 6 heteroatoms. The molecule has 0 bridgehead atoms. The topological polar surface area (TPSA) is 71.5 Å². The quantitative estimate of drug-likeness (QED) is 0.863. The second-order valence-corrected chi connectivity index (χ2v) is 8.36. The molecular formula is C21H29N3O3. The van der Waals surface area contributed by atoms with Crippen molar-refractivity contribution in [3.8, 4) is 0 Å². The highest BCUT2D eigenvalue weighted by Crippen LogP contribution is 2.38. The number of nitrogens with one attached hydrogen (secondary N) is 1. The standard InChI is InChI=1S/C21H29N3O3/c25-19(13-16-1-2-16)24-10-6-21(7-11-24)14-17(5-12-27-21)15-23-20(26)18-3-8-22-9-4-18/h3-4,8-9,16-17H,1-2,5-7,10-15H2,(H,23,26). The Morgan fingerprint density at radius 1 is 1.15 bits per heavy atom. The summed E-state index contributed by atoms with van der Waals surface area (Å²) in [6, 6.07) is 3.46. The first kappa shape index (κ1) is 18.4. The van der Waals surface area contributed by atoms with Crippen LogP contribution in [0, 0.1) is 11.8 Å². The maximum atomic E-state index is 12.3. The van der Waals surface area contributed by atoms with Gasteiger partial charge in [-0.25, -0.2) is 0 Å². The molecule has 27 heavy (non-hydrogen) atoms. The summed E-state index contributed by atoms with van der Waals surface area (Å²) in [6.45, 7) is 3.03. The van der Waals surface area contributed by atoms with Crippen molar-refractivity contribution in [3.63, 3.8) is 0 Å². The third kappa shape index (κ3) is 4.67. The van der Waals surface area contributed by atoms with Gasteiger partial charge in [-0.2, -0.15) is 0 Å². The van der Waals surface area contributed by atoms with Crippen LogP contribution in [0.1, 0.15) is 55.3 Å². The molecule has 3 aliphatic rings. The van der Waals surface area contributed by atoms with Gasteiger partial charge >= 0.3 is 0 Å². The first-order chi connectivity index (χ1) is 13.1. The number of pyridine rings is 1. The number of piperidine rings is 1. The summed E-state index contributed by atoms with van der Waals surface area (Å²) in [5.41, 5.74) is 0.537. The van der Waals surface area contributed by atoms with Crippen LogP contribution < -0.4 is 5.32 Å². The zero-order valence-corrected chi connectivity index (χ0v) is 15.9. The number of rotatable bonds is 5. The van der Waals surface area contributed by atoms with E-state index in [1.54, 1.807) is 24.5 Å². The largest absolute Gasteiger partial charge is 0.375 e. The number of nitrogens with zero attached hydrogens (tertiary/aromatic N) is 2. The average Bonchev–Trinajstić information content (AvgIpc) is 3.51. The van der Waals surface area contributed by atoms with Crippen molar-refractivity contribution >= 4 is 11.8 Å². The smallest absolute Gasteiger partial charge is 0.251 e. The number of ether oxygens (including phenoxy) is 1. The van der Waals surface area contributed by atoms with Crippen LogP contribution in [0.2, 0.25) is 0 Å². The normalized spacial score (nSPS) is 24.6. The second-order valence-electron chi connectivity index (χ2n) is 8.36. The third-order valence-corrected chi connectivity index (χ3v) is 6.28. The van der Waals surface area contributed by atoms with Gasteiger partial charge in [0.05, 0.1) is 5.60 Å². The van der Waals surface area contributed by atoms with Crippen LogP contribution in [0.5, 0.6) is 0 Å². The Hall–Kier alpha value is -1.95. The van der Waals surface area contributed by atoms with Gasteiger partial charge < -0.3 is 15.0 Å². The van der Waals surface area contributed by atoms with Gasteiger partial charge in [-0.1, -0.05) is 0 Å². The molecule has 1 aliphatic carbocycles. The van der Waals surface area contributed by atoms with E-state index in [4.69, 9.17) is 4.74 Å². The van der Waals surface area contributed by atoms with E-state index in [0.717, 1.165) is 51.8 Å². The van der Waals surface area contributed by atoms with Crippen molar-refractivity contribution in [2.45, 2.75) is 50.5 Å². The number of aromatic nitrogens is 1. The van der Waals surface area contributed by atoms with Crippen LogP contribution in [0.15, 0.2) is 24.5 Å². The minimum Gasteiger partial charge on any atom is -0.375 e. The minimum absolute atomic E-state index is 0.0431. The second kappa shape index (κ2) is 7.97. The van der Waals surface area contributed by atoms with Gasteiger partial charge in [0.25, 0.3) is 5.91 Å². The van der Waals surface area contributed by atoms with E-state index in [9.17, 15) is 9.59 Å². The molecule has 0 aromatic carbocycles. The van der Waals surface area contributed by atoms with Crippen molar-refractivity contribution in [2.24, 2.45) is 11.8 Å². The van der Waals surface area contributed by atoms with E-state index in [1.165, 1.54) is 12.8 Å². The number of carbonyl (C=O) groups is 2. The molecule has 0 radical (unpaired) electrons. The van der Waals surface area contributed by atoms with Crippen molar-refractivity contribution in [3.05, 3.63) is 30.1 Å². The molecule has 146 valence electrons. The predicted octanol–water partition coefficient (Wildman–Crippen LogP) is 2.40. The maximum absolute atomic E-state index is 12.3. The van der Waals surface area contributed by atoms with Crippen LogP contribution in [0.3, 0.4) is 0 Å². The Labute approximate surface area is 160 Å². The summed E-state index contributed by atoms with van der Waals surface area (Å²) >= 11 is 0. The molecule has 1 aromatic heterocycles. The molecule has 1 saturated carbocycles. The van der Waals surface area contributed by atoms with Gasteiger partial charge in [0.15, 0.2) is 0 Å². The van der Waals surface area contributed by atoms with Gasteiger partial charge in [0.1, 0.15) is 0 Å². The lowest BCUT2D eigenvalue weighted by Crippen LogP contribution is -2.51. The highest BCUT2D eigenvalue weighted by atomic mass is 16.5. The molecule has 1 unspecified atom stereocenters. The van der Waals surface area contributed by atoms with E-state index in [2.05, 4.69) is 10.3 Å². The molecule has 2 aliphatic heterocycles. The lowest BCUT2D eigenvalue weighted by Gasteiger charge is -2.46. The third-order valence-electron chi connectivity index (χ3n) is 6.28. The first-order valence-corrected chi connectivity index (χ1v) is 10.2. The van der Waals surface area contributed by atoms with Crippen molar-refractivity contribution in [1.29, 1.82) is 0 Å². The Bertz CT molecular complexity index is 667. The summed E-state index contributed by atoms with van der Waals surface area (Å²) in [6.07, 6.45) is 10.2. The average molecular weight is 371 g/mol. The van der Waals surface area contributed by atoms with E-state index in [0.29, 0.717) is 29.9 Å². The fourth-order valence-corrected chi connectivity index (χ4v) is 4.36. The molecule has 2 saturated heterocycles. The number of hydrogen-bond donors (Lipinski definition) is 1. The highest BCUT2D eigenvalue weighted by Gasteiger charge is 2.41. The number of carbonyl (C=O) groups excluding carboxylic acids is 2. The summed E-state index contributed by atoms with van der Waals surface area (Å²) in [4.78, 5) is 30.6. The van der Waals surface area contributed by atoms with Crippen LogP contribution >= 0.6 is 0 Å². The summed E-state index contributed by atoms with van der Waals surface area (Å²) in [5.74, 6) is 1.36. The Morgan fingerprint density at radius 2 is 1.89 bits per heavy atom. The van der Waals surface area contributed by atoms with Crippen LogP contribution in [0.4, 0.5) is 0 Å². The van der Waals surface area contributed by atoms with Crippen LogP contribution in [-0.4, -0.2) is 53.5 Å². The molecule has 2 amide bonds. The monoisotopic (exact) mass is 371 g/mol. The summed E-state index contributed by atoms with van der Waals surface area (Å²) in [5, 5.41) is 3.06. The fourth-order valence-electron chi connectivity index (χ4n) is 4.36. The maximum Gasteiger partial charge on any atom is 0.251 e. The van der Waals surface area contributed by atoms with Gasteiger partial charge in [-0.15, -0.1) is 0 Å². The molecular weight excluding hydrogens is 342 g/mol. The van der Waals surface area contributed by atoms with Gasteiger partial charge in [0.2, 0.25) is 5.91 Å². The molecule has 3 heterocycles. The van der Waals surface area contributed by atoms with Gasteiger partial charge in [-0.3, -0.25) is 14.6 Å². The highest BCUT2D eigenvalue weighted by molar-refractivity contribution is 5.93. The van der Waals surface area contributed by atoms with Crippen molar-refractivity contribution in [1.82, 2.24) is 15.2 Å².